The van der Waals surface area contributed by atoms with Crippen molar-refractivity contribution in [1.82, 2.24) is 19.6 Å². The van der Waals surface area contributed by atoms with Gasteiger partial charge in [-0.05, 0) is 6.92 Å². The highest BCUT2D eigenvalue weighted by atomic mass is 32.2. The van der Waals surface area contributed by atoms with Gasteiger partial charge in [0.1, 0.15) is 13.5 Å². The number of anilines is 1. The molecule has 14 heavy (non-hydrogen) atoms. The summed E-state index contributed by atoms with van der Waals surface area (Å²) in [5, 5.41) is 2.61. The Kier molecular flexibility index (Phi) is 2.89. The second-order valence-corrected chi connectivity index (χ2v) is 4.41. The van der Waals surface area contributed by atoms with Crippen LogP contribution >= 0.6 is 0 Å². The Labute approximate surface area is 84.1 Å². The molecule has 0 aliphatic carbocycles. The number of nitrogens with one attached hydrogen (secondary N) is 2. The molecule has 0 atom stereocenters. The van der Waals surface area contributed by atoms with Crippen molar-refractivity contribution in [3.05, 3.63) is 12.1 Å². The second-order valence-electron chi connectivity index (χ2n) is 2.58. The second kappa shape index (κ2) is 4.33. The fourth-order valence-corrected chi connectivity index (χ4v) is 1.01. The van der Waals surface area contributed by atoms with Crippen molar-refractivity contribution in [2.45, 2.75) is 6.92 Å². The average Bonchev–Trinajstić information content (AvgIpc) is 1.99. The average molecular weight is 216 g/mol. The Morgan fingerprint density at radius 3 is 2.86 bits per heavy atom. The third-order valence-corrected chi connectivity index (χ3v) is 1.88. The molecule has 7 nitrogen and oxygen atoms in total. The standard InChI is InChI=1S/C5H10BN5O2S/c1-4-7-3-8-5(9-4)10-6-11-14(2,12)13/h3,6,11H,1-2H3,(H,7,8,9,10)/i3D. The van der Waals surface area contributed by atoms with Gasteiger partial charge in [-0.25, -0.2) is 23.0 Å². The quantitative estimate of drug-likeness (QED) is 0.589. The Balaban J connectivity index is 2.58. The number of hydrogen-bond acceptors (Lipinski definition) is 6. The van der Waals surface area contributed by atoms with Crippen LogP contribution in [-0.2, 0) is 10.0 Å². The Morgan fingerprint density at radius 1 is 1.57 bits per heavy atom. The topological polar surface area (TPSA) is 96.9 Å². The van der Waals surface area contributed by atoms with Crippen LogP contribution in [0.4, 0.5) is 5.95 Å². The maximum absolute atomic E-state index is 10.7. The van der Waals surface area contributed by atoms with Crippen molar-refractivity contribution in [2.75, 3.05) is 11.5 Å². The molecule has 9 heteroatoms. The van der Waals surface area contributed by atoms with Crippen molar-refractivity contribution in [3.8, 4) is 0 Å². The van der Waals surface area contributed by atoms with Crippen molar-refractivity contribution < 1.29 is 9.79 Å². The zero-order valence-electron chi connectivity index (χ0n) is 8.77. The van der Waals surface area contributed by atoms with Crippen LogP contribution in [0.5, 0.6) is 0 Å². The molecule has 0 aromatic carbocycles. The normalized spacial score (nSPS) is 12.0. The number of aryl methyl sites for hydroxylation is 1. The van der Waals surface area contributed by atoms with Gasteiger partial charge in [0, 0.05) is 0 Å². The highest BCUT2D eigenvalue weighted by molar-refractivity contribution is 7.89. The molecule has 76 valence electrons. The molecule has 0 bridgehead atoms. The lowest BCUT2D eigenvalue weighted by molar-refractivity contribution is 0.599. The van der Waals surface area contributed by atoms with Gasteiger partial charge in [0.15, 0.2) is 10.0 Å². The first-order chi connectivity index (χ1) is 6.87. The van der Waals surface area contributed by atoms with E-state index in [9.17, 15) is 8.42 Å². The first kappa shape index (κ1) is 9.34. The third kappa shape index (κ3) is 4.14. The predicted molar refractivity (Wildman–Crippen MR) is 53.3 cm³/mol. The number of nitrogens with zero attached hydrogens (tertiary/aromatic N) is 3. The molecule has 0 fully saturated rings. The van der Waals surface area contributed by atoms with E-state index < -0.39 is 10.0 Å². The van der Waals surface area contributed by atoms with Crippen LogP contribution in [0, 0.1) is 6.92 Å². The van der Waals surface area contributed by atoms with Gasteiger partial charge >= 0.3 is 7.55 Å². The molecule has 0 radical (unpaired) electrons. The van der Waals surface area contributed by atoms with Gasteiger partial charge < -0.3 is 5.23 Å². The van der Waals surface area contributed by atoms with Crippen molar-refractivity contribution in [1.29, 1.82) is 0 Å². The van der Waals surface area contributed by atoms with E-state index in [2.05, 4.69) is 24.8 Å². The van der Waals surface area contributed by atoms with E-state index in [0.717, 1.165) is 6.26 Å². The minimum atomic E-state index is -3.25. The molecule has 0 aliphatic heterocycles. The number of sulfonamides is 1. The van der Waals surface area contributed by atoms with Crippen LogP contribution in [0.1, 0.15) is 7.20 Å². The predicted octanol–water partition coefficient (Wildman–Crippen LogP) is -1.59. The van der Waals surface area contributed by atoms with E-state index in [1.165, 1.54) is 0 Å². The monoisotopic (exact) mass is 216 g/mol. The lowest BCUT2D eigenvalue weighted by Crippen LogP contribution is -2.32. The smallest absolute Gasteiger partial charge is 0.335 e. The first-order valence-corrected chi connectivity index (χ1v) is 5.64. The molecular weight excluding hydrogens is 205 g/mol. The zero-order valence-corrected chi connectivity index (χ0v) is 8.59. The van der Waals surface area contributed by atoms with Crippen LogP contribution in [0.3, 0.4) is 0 Å². The molecule has 1 heterocycles. The van der Waals surface area contributed by atoms with Gasteiger partial charge in [0.2, 0.25) is 5.95 Å². The summed E-state index contributed by atoms with van der Waals surface area (Å²) < 4.78 is 30.8. The Bertz CT molecular complexity index is 432. The van der Waals surface area contributed by atoms with E-state index in [4.69, 9.17) is 1.37 Å². The summed E-state index contributed by atoms with van der Waals surface area (Å²) in [6, 6.07) is 0. The summed E-state index contributed by atoms with van der Waals surface area (Å²) in [4.78, 5) is 11.2. The van der Waals surface area contributed by atoms with Gasteiger partial charge in [0.05, 0.1) is 6.26 Å². The van der Waals surface area contributed by atoms with E-state index in [0.29, 0.717) is 5.82 Å². The molecule has 0 aliphatic rings. The minimum Gasteiger partial charge on any atom is -0.385 e. The Hall–Kier alpha value is -1.22. The lowest BCUT2D eigenvalue weighted by Gasteiger charge is -2.02. The SMILES string of the molecule is [2H]c1nc(C)nc(NBNS(C)(=O)=O)n1. The summed E-state index contributed by atoms with van der Waals surface area (Å²) in [5.41, 5.74) is 0. The summed E-state index contributed by atoms with van der Waals surface area (Å²) in [5.74, 6) is 0.570. The van der Waals surface area contributed by atoms with Gasteiger partial charge in [-0.2, -0.15) is 4.98 Å². The molecular formula is C5H10BN5O2S. The third-order valence-electron chi connectivity index (χ3n) is 1.22. The number of aromatic nitrogens is 3. The molecule has 0 saturated carbocycles. The molecule has 2 N–H and O–H groups in total. The van der Waals surface area contributed by atoms with Crippen LogP contribution in [0.15, 0.2) is 6.30 Å². The van der Waals surface area contributed by atoms with Gasteiger partial charge in [-0.3, -0.25) is 0 Å². The van der Waals surface area contributed by atoms with E-state index >= 15 is 0 Å². The maximum atomic E-state index is 10.7. The maximum Gasteiger partial charge on any atom is 0.335 e. The molecule has 1 aromatic heterocycles. The molecule has 0 unspecified atom stereocenters. The van der Waals surface area contributed by atoms with Crippen molar-refractivity contribution >= 4 is 23.5 Å². The molecule has 0 amide bonds. The zero-order chi connectivity index (χ0) is 11.5. The van der Waals surface area contributed by atoms with E-state index in [1.54, 1.807) is 6.92 Å². The highest BCUT2D eigenvalue weighted by Crippen LogP contribution is 1.93. The summed E-state index contributed by atoms with van der Waals surface area (Å²) >= 11 is 0. The number of hydrogen-bond donors (Lipinski definition) is 2. The molecule has 0 spiro atoms. The van der Waals surface area contributed by atoms with Gasteiger partial charge in [0.25, 0.3) is 0 Å². The summed E-state index contributed by atoms with van der Waals surface area (Å²) in [6.07, 6.45) is 0.882. The fraction of sp³-hybridized carbons (Fsp3) is 0.400. The number of rotatable bonds is 4. The summed E-state index contributed by atoms with van der Waals surface area (Å²) in [7, 11) is -3.27. The van der Waals surface area contributed by atoms with E-state index in [1.807, 2.05) is 0 Å². The largest absolute Gasteiger partial charge is 0.385 e. The molecule has 1 rings (SSSR count). The minimum absolute atomic E-state index is 0.0261. The van der Waals surface area contributed by atoms with E-state index in [-0.39, 0.29) is 19.8 Å². The lowest BCUT2D eigenvalue weighted by atomic mass is 10.2. The summed E-state index contributed by atoms with van der Waals surface area (Å²) in [6.45, 7) is 1.62. The van der Waals surface area contributed by atoms with Gasteiger partial charge in [-0.1, -0.05) is 0 Å². The fourth-order valence-electron chi connectivity index (χ4n) is 0.673. The van der Waals surface area contributed by atoms with Crippen LogP contribution in [-0.4, -0.2) is 37.2 Å². The van der Waals surface area contributed by atoms with Crippen molar-refractivity contribution in [2.24, 2.45) is 0 Å². The van der Waals surface area contributed by atoms with Crippen LogP contribution < -0.4 is 9.86 Å². The highest BCUT2D eigenvalue weighted by Gasteiger charge is 2.02. The van der Waals surface area contributed by atoms with Gasteiger partial charge in [-0.15, -0.1) is 0 Å². The first-order valence-electron chi connectivity index (χ1n) is 4.24. The molecule has 1 aromatic rings. The van der Waals surface area contributed by atoms with Crippen molar-refractivity contribution in [3.63, 3.8) is 0 Å². The van der Waals surface area contributed by atoms with Crippen LogP contribution in [0.2, 0.25) is 0 Å². The molecule has 0 saturated heterocycles. The Morgan fingerprint density at radius 2 is 2.29 bits per heavy atom. The van der Waals surface area contributed by atoms with Crippen LogP contribution in [0.25, 0.3) is 0 Å².